The van der Waals surface area contributed by atoms with Gasteiger partial charge in [0.1, 0.15) is 12.4 Å². The topological polar surface area (TPSA) is 54.5 Å². The van der Waals surface area contributed by atoms with Crippen LogP contribution in [0, 0.1) is 6.92 Å². The van der Waals surface area contributed by atoms with Gasteiger partial charge in [0, 0.05) is 30.1 Å². The molecule has 0 aliphatic heterocycles. The molecule has 0 spiro atoms. The minimum atomic E-state index is -0.115. The number of rotatable bonds is 8. The molecule has 29 heavy (non-hydrogen) atoms. The molecular weight excluding hydrogens is 362 g/mol. The molecule has 0 saturated carbocycles. The molecule has 3 rings (SSSR count). The number of amides is 1. The van der Waals surface area contributed by atoms with Crippen LogP contribution in [0.25, 0.3) is 0 Å². The maximum atomic E-state index is 12.7. The average molecular weight is 389 g/mol. The number of benzene rings is 2. The summed E-state index contributed by atoms with van der Waals surface area (Å²) in [5.41, 5.74) is 3.96. The third-order valence-corrected chi connectivity index (χ3v) is 4.77. The van der Waals surface area contributed by atoms with E-state index in [0.29, 0.717) is 24.5 Å². The van der Waals surface area contributed by atoms with Crippen LogP contribution < -0.4 is 10.1 Å². The molecular formula is C24H27N3O2. The molecule has 150 valence electrons. The van der Waals surface area contributed by atoms with Gasteiger partial charge in [-0.2, -0.15) is 0 Å². The number of ether oxygens (including phenoxy) is 1. The van der Waals surface area contributed by atoms with Gasteiger partial charge in [0.15, 0.2) is 0 Å². The van der Waals surface area contributed by atoms with E-state index in [1.165, 1.54) is 11.1 Å². The Balaban J connectivity index is 1.61. The highest BCUT2D eigenvalue weighted by Crippen LogP contribution is 2.19. The zero-order valence-electron chi connectivity index (χ0n) is 17.1. The molecule has 0 radical (unpaired) electrons. The van der Waals surface area contributed by atoms with Crippen LogP contribution in [0.5, 0.6) is 5.75 Å². The zero-order chi connectivity index (χ0) is 20.6. The fourth-order valence-corrected chi connectivity index (χ4v) is 3.06. The first-order valence-electron chi connectivity index (χ1n) is 9.66. The van der Waals surface area contributed by atoms with Crippen LogP contribution >= 0.6 is 0 Å². The fraction of sp³-hybridized carbons (Fsp3) is 0.250. The molecule has 1 heterocycles. The second-order valence-electron chi connectivity index (χ2n) is 7.28. The van der Waals surface area contributed by atoms with Crippen LogP contribution in [0.2, 0.25) is 0 Å². The van der Waals surface area contributed by atoms with Gasteiger partial charge in [0.25, 0.3) is 5.91 Å². The van der Waals surface area contributed by atoms with Gasteiger partial charge in [-0.3, -0.25) is 9.78 Å². The Morgan fingerprint density at radius 2 is 1.90 bits per heavy atom. The Morgan fingerprint density at radius 1 is 1.10 bits per heavy atom. The third kappa shape index (κ3) is 5.90. The van der Waals surface area contributed by atoms with Gasteiger partial charge in [-0.15, -0.1) is 0 Å². The Labute approximate surface area is 172 Å². The number of likely N-dealkylation sites (N-methyl/N-ethyl adjacent to an activating group) is 1. The molecule has 2 aromatic carbocycles. The van der Waals surface area contributed by atoms with Crippen molar-refractivity contribution in [2.24, 2.45) is 0 Å². The van der Waals surface area contributed by atoms with Crippen molar-refractivity contribution in [3.8, 4) is 5.75 Å². The van der Waals surface area contributed by atoms with Crippen molar-refractivity contribution < 1.29 is 9.53 Å². The summed E-state index contributed by atoms with van der Waals surface area (Å²) in [5, 5.41) is 3.05. The third-order valence-electron chi connectivity index (χ3n) is 4.77. The highest BCUT2D eigenvalue weighted by atomic mass is 16.5. The van der Waals surface area contributed by atoms with Crippen LogP contribution in [-0.2, 0) is 6.61 Å². The maximum Gasteiger partial charge on any atom is 0.251 e. The van der Waals surface area contributed by atoms with Gasteiger partial charge in [0.2, 0.25) is 0 Å². The average Bonchev–Trinajstić information content (AvgIpc) is 2.74. The maximum absolute atomic E-state index is 12.7. The van der Waals surface area contributed by atoms with E-state index in [4.69, 9.17) is 4.74 Å². The van der Waals surface area contributed by atoms with Crippen molar-refractivity contribution in [2.45, 2.75) is 19.6 Å². The lowest BCUT2D eigenvalue weighted by Gasteiger charge is -2.25. The standard InChI is InChI=1S/C24H27N3O2/c1-18-9-11-20(12-10-18)23(27(2)3)16-26-24(28)21-7-4-8-22(14-21)29-17-19-6-5-13-25-15-19/h4-15,23H,16-17H2,1-3H3,(H,26,28). The van der Waals surface area contributed by atoms with Gasteiger partial charge >= 0.3 is 0 Å². The molecule has 0 bridgehead atoms. The number of aryl methyl sites for hydroxylation is 1. The summed E-state index contributed by atoms with van der Waals surface area (Å²) in [7, 11) is 4.03. The van der Waals surface area contributed by atoms with Gasteiger partial charge < -0.3 is 15.0 Å². The summed E-state index contributed by atoms with van der Waals surface area (Å²) in [4.78, 5) is 18.9. The predicted octanol–water partition coefficient (Wildman–Crippen LogP) is 4.00. The van der Waals surface area contributed by atoms with Crippen molar-refractivity contribution in [1.29, 1.82) is 0 Å². The predicted molar refractivity (Wildman–Crippen MR) is 115 cm³/mol. The number of aromatic nitrogens is 1. The Bertz CT molecular complexity index is 924. The van der Waals surface area contributed by atoms with E-state index >= 15 is 0 Å². The van der Waals surface area contributed by atoms with E-state index in [9.17, 15) is 4.79 Å². The zero-order valence-corrected chi connectivity index (χ0v) is 17.1. The summed E-state index contributed by atoms with van der Waals surface area (Å²) in [5.74, 6) is 0.542. The first-order valence-corrected chi connectivity index (χ1v) is 9.66. The molecule has 1 N–H and O–H groups in total. The van der Waals surface area contributed by atoms with Crippen LogP contribution in [0.3, 0.4) is 0 Å². The first kappa shape index (κ1) is 20.6. The lowest BCUT2D eigenvalue weighted by atomic mass is 10.0. The summed E-state index contributed by atoms with van der Waals surface area (Å²) in [6, 6.07) is 19.6. The quantitative estimate of drug-likeness (QED) is 0.633. The normalized spacial score (nSPS) is 11.9. The number of carbonyl (C=O) groups is 1. The van der Waals surface area contributed by atoms with E-state index in [0.717, 1.165) is 5.56 Å². The molecule has 0 fully saturated rings. The van der Waals surface area contributed by atoms with Gasteiger partial charge in [-0.1, -0.05) is 42.0 Å². The Hall–Kier alpha value is -3.18. The number of carbonyl (C=O) groups excluding carboxylic acids is 1. The highest BCUT2D eigenvalue weighted by molar-refractivity contribution is 5.94. The SMILES string of the molecule is Cc1ccc(C(CNC(=O)c2cccc(OCc3cccnc3)c2)N(C)C)cc1. The van der Waals surface area contributed by atoms with E-state index < -0.39 is 0 Å². The number of pyridine rings is 1. The Kier molecular flexibility index (Phi) is 6.98. The largest absolute Gasteiger partial charge is 0.489 e. The molecule has 1 aromatic heterocycles. The van der Waals surface area contributed by atoms with Crippen LogP contribution in [0.15, 0.2) is 73.1 Å². The highest BCUT2D eigenvalue weighted by Gasteiger charge is 2.16. The second kappa shape index (κ2) is 9.85. The minimum Gasteiger partial charge on any atom is -0.489 e. The van der Waals surface area contributed by atoms with E-state index in [2.05, 4.69) is 46.4 Å². The summed E-state index contributed by atoms with van der Waals surface area (Å²) < 4.78 is 5.80. The van der Waals surface area contributed by atoms with Crippen LogP contribution in [0.1, 0.15) is 33.1 Å². The van der Waals surface area contributed by atoms with E-state index in [1.54, 1.807) is 24.5 Å². The van der Waals surface area contributed by atoms with Gasteiger partial charge in [-0.25, -0.2) is 0 Å². The van der Waals surface area contributed by atoms with Gasteiger partial charge in [0.05, 0.1) is 6.04 Å². The first-order chi connectivity index (χ1) is 14.0. The fourth-order valence-electron chi connectivity index (χ4n) is 3.06. The molecule has 5 heteroatoms. The monoisotopic (exact) mass is 389 g/mol. The van der Waals surface area contributed by atoms with E-state index in [1.807, 2.05) is 38.4 Å². The lowest BCUT2D eigenvalue weighted by Crippen LogP contribution is -2.34. The minimum absolute atomic E-state index is 0.101. The van der Waals surface area contributed by atoms with Crippen molar-refractivity contribution >= 4 is 5.91 Å². The summed E-state index contributed by atoms with van der Waals surface area (Å²) >= 11 is 0. The Morgan fingerprint density at radius 3 is 2.59 bits per heavy atom. The second-order valence-corrected chi connectivity index (χ2v) is 7.28. The number of hydrogen-bond donors (Lipinski definition) is 1. The number of nitrogens with one attached hydrogen (secondary N) is 1. The molecule has 0 aliphatic carbocycles. The number of nitrogens with zero attached hydrogens (tertiary/aromatic N) is 2. The van der Waals surface area contributed by atoms with Crippen molar-refractivity contribution in [2.75, 3.05) is 20.6 Å². The molecule has 0 aliphatic rings. The molecule has 1 atom stereocenters. The molecule has 1 amide bonds. The lowest BCUT2D eigenvalue weighted by molar-refractivity contribution is 0.0941. The number of hydrogen-bond acceptors (Lipinski definition) is 4. The molecule has 3 aromatic rings. The van der Waals surface area contributed by atoms with Gasteiger partial charge in [-0.05, 0) is 50.8 Å². The van der Waals surface area contributed by atoms with Crippen molar-refractivity contribution in [3.05, 3.63) is 95.3 Å². The van der Waals surface area contributed by atoms with Crippen LogP contribution in [-0.4, -0.2) is 36.4 Å². The molecule has 5 nitrogen and oxygen atoms in total. The van der Waals surface area contributed by atoms with Crippen molar-refractivity contribution in [3.63, 3.8) is 0 Å². The van der Waals surface area contributed by atoms with Crippen LogP contribution in [0.4, 0.5) is 0 Å². The van der Waals surface area contributed by atoms with Crippen molar-refractivity contribution in [1.82, 2.24) is 15.2 Å². The molecule has 0 saturated heterocycles. The van der Waals surface area contributed by atoms with E-state index in [-0.39, 0.29) is 11.9 Å². The summed E-state index contributed by atoms with van der Waals surface area (Å²) in [6.07, 6.45) is 3.50. The molecule has 1 unspecified atom stereocenters. The smallest absolute Gasteiger partial charge is 0.251 e. The summed E-state index contributed by atoms with van der Waals surface area (Å²) in [6.45, 7) is 3.00.